The third-order valence-electron chi connectivity index (χ3n) is 1.41. The molecule has 0 bridgehead atoms. The summed E-state index contributed by atoms with van der Waals surface area (Å²) in [5.74, 6) is -1.08. The van der Waals surface area contributed by atoms with Crippen LogP contribution in [0.5, 0.6) is 0 Å². The lowest BCUT2D eigenvalue weighted by Crippen LogP contribution is -1.93. The van der Waals surface area contributed by atoms with Crippen molar-refractivity contribution in [2.75, 3.05) is 0 Å². The van der Waals surface area contributed by atoms with Crippen LogP contribution in [0, 0.1) is 0 Å². The van der Waals surface area contributed by atoms with Crippen LogP contribution >= 0.6 is 11.3 Å². The highest BCUT2D eigenvalue weighted by atomic mass is 32.1. The Bertz CT molecular complexity index is 456. The molecule has 0 atom stereocenters. The van der Waals surface area contributed by atoms with E-state index in [0.717, 1.165) is 11.3 Å². The minimum Gasteiger partial charge on any atom is -0.476 e. The molecule has 0 radical (unpaired) electrons. The van der Waals surface area contributed by atoms with Crippen LogP contribution in [0.3, 0.4) is 0 Å². The Morgan fingerprint density at radius 2 is 2.29 bits per heavy atom. The summed E-state index contributed by atoms with van der Waals surface area (Å²) in [5, 5.41) is 16.3. The van der Waals surface area contributed by atoms with Crippen molar-refractivity contribution in [3.05, 3.63) is 23.6 Å². The third-order valence-corrected chi connectivity index (χ3v) is 2.34. The maximum atomic E-state index is 10.5. The van der Waals surface area contributed by atoms with Crippen LogP contribution in [-0.4, -0.2) is 31.2 Å². The highest BCUT2D eigenvalue weighted by molar-refractivity contribution is 7.16. The molecule has 0 aliphatic carbocycles. The fraction of sp³-hybridized carbons (Fsp3) is 0. The maximum absolute atomic E-state index is 10.5. The summed E-state index contributed by atoms with van der Waals surface area (Å²) in [4.78, 5) is 18.2. The van der Waals surface area contributed by atoms with Crippen molar-refractivity contribution in [3.63, 3.8) is 0 Å². The zero-order valence-electron chi connectivity index (χ0n) is 6.78. The van der Waals surface area contributed by atoms with Crippen molar-refractivity contribution in [1.82, 2.24) is 20.2 Å². The summed E-state index contributed by atoms with van der Waals surface area (Å²) in [5.41, 5.74) is 0.574. The average molecular weight is 208 g/mol. The van der Waals surface area contributed by atoms with Crippen molar-refractivity contribution in [3.8, 4) is 10.7 Å². The van der Waals surface area contributed by atoms with Gasteiger partial charge in [0, 0.05) is 6.20 Å². The van der Waals surface area contributed by atoms with Gasteiger partial charge in [-0.05, 0) is 6.07 Å². The van der Waals surface area contributed by atoms with Crippen molar-refractivity contribution >= 4 is 17.3 Å². The van der Waals surface area contributed by atoms with Gasteiger partial charge in [-0.15, -0.1) is 10.2 Å². The topological polar surface area (TPSA) is 88.9 Å². The van der Waals surface area contributed by atoms with Gasteiger partial charge in [-0.2, -0.15) is 0 Å². The fourth-order valence-electron chi connectivity index (χ4n) is 0.830. The molecule has 0 amide bonds. The minimum atomic E-state index is -1.08. The van der Waals surface area contributed by atoms with Gasteiger partial charge in [-0.3, -0.25) is 0 Å². The molecule has 6 nitrogen and oxygen atoms in total. The summed E-state index contributed by atoms with van der Waals surface area (Å²) in [7, 11) is 0. The van der Waals surface area contributed by atoms with Gasteiger partial charge in [0.15, 0.2) is 5.01 Å². The Hall–Kier alpha value is -1.89. The standard InChI is InChI=1S/C7H4N4O2S/c12-7(13)6-11-10-5(14-6)4-1-2-8-3-9-4/h1-3H,(H,12,13). The van der Waals surface area contributed by atoms with E-state index in [0.29, 0.717) is 10.7 Å². The van der Waals surface area contributed by atoms with E-state index in [9.17, 15) is 4.79 Å². The normalized spacial score (nSPS) is 10.0. The molecule has 0 fully saturated rings. The second-order valence-electron chi connectivity index (χ2n) is 2.31. The molecule has 2 aromatic rings. The molecule has 2 heterocycles. The minimum absolute atomic E-state index is 0.0430. The number of nitrogens with zero attached hydrogens (tertiary/aromatic N) is 4. The van der Waals surface area contributed by atoms with E-state index >= 15 is 0 Å². The zero-order valence-corrected chi connectivity index (χ0v) is 7.60. The predicted molar refractivity (Wildman–Crippen MR) is 47.9 cm³/mol. The Kier molecular flexibility index (Phi) is 2.15. The van der Waals surface area contributed by atoms with Gasteiger partial charge in [0.1, 0.15) is 12.0 Å². The number of rotatable bonds is 2. The molecule has 0 aliphatic rings. The van der Waals surface area contributed by atoms with Crippen LogP contribution in [0.25, 0.3) is 10.7 Å². The smallest absolute Gasteiger partial charge is 0.367 e. The number of carboxylic acids is 1. The van der Waals surface area contributed by atoms with E-state index in [2.05, 4.69) is 20.2 Å². The number of hydrogen-bond donors (Lipinski definition) is 1. The second-order valence-corrected chi connectivity index (χ2v) is 3.29. The quantitative estimate of drug-likeness (QED) is 0.781. The molecule has 0 saturated heterocycles. The number of carbonyl (C=O) groups is 1. The van der Waals surface area contributed by atoms with Crippen LogP contribution in [0.4, 0.5) is 0 Å². The largest absolute Gasteiger partial charge is 0.476 e. The van der Waals surface area contributed by atoms with Crippen LogP contribution in [0.2, 0.25) is 0 Å². The van der Waals surface area contributed by atoms with Gasteiger partial charge in [0.25, 0.3) is 0 Å². The Balaban J connectivity index is 2.39. The van der Waals surface area contributed by atoms with Crippen molar-refractivity contribution in [2.45, 2.75) is 0 Å². The van der Waals surface area contributed by atoms with E-state index in [1.165, 1.54) is 6.33 Å². The van der Waals surface area contributed by atoms with Crippen molar-refractivity contribution in [2.24, 2.45) is 0 Å². The van der Waals surface area contributed by atoms with Crippen molar-refractivity contribution < 1.29 is 9.90 Å². The number of hydrogen-bond acceptors (Lipinski definition) is 6. The lowest BCUT2D eigenvalue weighted by Gasteiger charge is -1.89. The molecule has 0 aromatic carbocycles. The van der Waals surface area contributed by atoms with Crippen LogP contribution < -0.4 is 0 Å². The van der Waals surface area contributed by atoms with Gasteiger partial charge >= 0.3 is 5.97 Å². The number of aromatic nitrogens is 4. The molecule has 0 unspecified atom stereocenters. The summed E-state index contributed by atoms with van der Waals surface area (Å²) in [6.45, 7) is 0. The molecule has 70 valence electrons. The van der Waals surface area contributed by atoms with Gasteiger partial charge in [-0.1, -0.05) is 11.3 Å². The second kappa shape index (κ2) is 3.46. The first-order valence-electron chi connectivity index (χ1n) is 3.60. The summed E-state index contributed by atoms with van der Waals surface area (Å²) in [6, 6.07) is 1.64. The lowest BCUT2D eigenvalue weighted by atomic mass is 10.4. The monoisotopic (exact) mass is 208 g/mol. The predicted octanol–water partition coefficient (Wildman–Crippen LogP) is 0.693. The van der Waals surface area contributed by atoms with Crippen LogP contribution in [-0.2, 0) is 0 Å². The highest BCUT2D eigenvalue weighted by Gasteiger charge is 2.12. The molecule has 0 saturated carbocycles. The summed E-state index contributed by atoms with van der Waals surface area (Å²) >= 11 is 0.982. The zero-order chi connectivity index (χ0) is 9.97. The SMILES string of the molecule is O=C(O)c1nnc(-c2ccncn2)s1. The van der Waals surface area contributed by atoms with Crippen LogP contribution in [0.15, 0.2) is 18.6 Å². The molecule has 0 spiro atoms. The Morgan fingerprint density at radius 1 is 1.43 bits per heavy atom. The molecule has 2 aromatic heterocycles. The number of aromatic carboxylic acids is 1. The highest BCUT2D eigenvalue weighted by Crippen LogP contribution is 2.20. The van der Waals surface area contributed by atoms with E-state index in [4.69, 9.17) is 5.11 Å². The average Bonchev–Trinajstić information content (AvgIpc) is 2.68. The van der Waals surface area contributed by atoms with Crippen LogP contribution in [0.1, 0.15) is 9.80 Å². The first-order valence-corrected chi connectivity index (χ1v) is 4.42. The first-order chi connectivity index (χ1) is 6.77. The molecule has 14 heavy (non-hydrogen) atoms. The molecule has 1 N–H and O–H groups in total. The third kappa shape index (κ3) is 1.57. The van der Waals surface area contributed by atoms with Gasteiger partial charge in [0.05, 0.1) is 0 Å². The van der Waals surface area contributed by atoms with Gasteiger partial charge in [-0.25, -0.2) is 14.8 Å². The number of carboxylic acid groups (broad SMARTS) is 1. The van der Waals surface area contributed by atoms with E-state index < -0.39 is 5.97 Å². The van der Waals surface area contributed by atoms with E-state index in [1.807, 2.05) is 0 Å². The van der Waals surface area contributed by atoms with Crippen molar-refractivity contribution in [1.29, 1.82) is 0 Å². The molecular weight excluding hydrogens is 204 g/mol. The fourth-order valence-corrected chi connectivity index (χ4v) is 1.49. The summed E-state index contributed by atoms with van der Waals surface area (Å²) in [6.07, 6.45) is 2.93. The van der Waals surface area contributed by atoms with Gasteiger partial charge < -0.3 is 5.11 Å². The van der Waals surface area contributed by atoms with E-state index in [1.54, 1.807) is 12.3 Å². The Labute approximate surface area is 82.3 Å². The van der Waals surface area contributed by atoms with E-state index in [-0.39, 0.29) is 5.01 Å². The molecular formula is C7H4N4O2S. The molecule has 0 aliphatic heterocycles. The summed E-state index contributed by atoms with van der Waals surface area (Å²) < 4.78 is 0. The molecule has 2 rings (SSSR count). The Morgan fingerprint density at radius 3 is 2.86 bits per heavy atom. The molecule has 7 heteroatoms. The lowest BCUT2D eigenvalue weighted by molar-refractivity contribution is 0.0695. The van der Waals surface area contributed by atoms with Gasteiger partial charge in [0.2, 0.25) is 5.01 Å². The first kappa shape index (κ1) is 8.70. The maximum Gasteiger partial charge on any atom is 0.367 e.